The number of anilines is 8. The van der Waals surface area contributed by atoms with E-state index in [2.05, 4.69) is 39.7 Å². The van der Waals surface area contributed by atoms with Crippen LogP contribution in [0.1, 0.15) is 166 Å². The quantitative estimate of drug-likeness (QED) is 0.0151. The number of aromatic nitrogens is 4. The minimum Gasteiger partial charge on any atom is -0.493 e. The fraction of sp³-hybridized carbons (Fsp3) is 0.375. The van der Waals surface area contributed by atoms with Crippen LogP contribution in [-0.2, 0) is 75.8 Å². The zero-order chi connectivity index (χ0) is 91.4. The number of nitrogen functional groups attached to an aromatic ring is 1. The lowest BCUT2D eigenvalue weighted by Gasteiger charge is -2.42. The molecule has 6 atom stereocenters. The Morgan fingerprint density at radius 2 is 0.876 bits per heavy atom. The molecule has 4 saturated heterocycles. The van der Waals surface area contributed by atoms with Gasteiger partial charge in [-0.2, -0.15) is 9.59 Å². The van der Waals surface area contributed by atoms with Gasteiger partial charge >= 0.3 is 18.3 Å². The number of nitrogens with zero attached hydrogens (tertiary/aromatic N) is 8. The van der Waals surface area contributed by atoms with Crippen LogP contribution >= 0.6 is 0 Å². The Kier molecular flexibility index (Phi) is 31.3. The van der Waals surface area contributed by atoms with Crippen molar-refractivity contribution >= 4 is 105 Å². The Labute approximate surface area is 747 Å². The number of nitrogens with two attached hydrogens (primary N) is 1. The van der Waals surface area contributed by atoms with Crippen molar-refractivity contribution in [3.05, 3.63) is 217 Å². The number of nitrogens with one attached hydrogen (secondary N) is 5. The van der Waals surface area contributed by atoms with Crippen molar-refractivity contribution in [1.29, 1.82) is 0 Å². The summed E-state index contributed by atoms with van der Waals surface area (Å²) >= 11 is 0. The van der Waals surface area contributed by atoms with Crippen molar-refractivity contribution in [3.63, 3.8) is 0 Å². The van der Waals surface area contributed by atoms with Crippen LogP contribution in [0.15, 0.2) is 178 Å². The van der Waals surface area contributed by atoms with E-state index in [4.69, 9.17) is 53.2 Å². The summed E-state index contributed by atoms with van der Waals surface area (Å²) in [7, 11) is 7.24. The first-order valence-electron chi connectivity index (χ1n) is 43.4. The molecule has 9 amide bonds. The molecule has 4 unspecified atom stereocenters. The van der Waals surface area contributed by atoms with Crippen molar-refractivity contribution in [2.75, 3.05) is 94.8 Å². The summed E-state index contributed by atoms with van der Waals surface area (Å²) in [6.45, 7) is 13.6. The number of benzene rings is 5. The maximum atomic E-state index is 14.2. The number of amides is 9. The molecule has 678 valence electrons. The van der Waals surface area contributed by atoms with Crippen molar-refractivity contribution in [1.82, 2.24) is 28.1 Å². The van der Waals surface area contributed by atoms with Gasteiger partial charge < -0.3 is 98.3 Å². The van der Waals surface area contributed by atoms with E-state index in [0.29, 0.717) is 161 Å². The van der Waals surface area contributed by atoms with E-state index in [1.807, 2.05) is 96.3 Å². The van der Waals surface area contributed by atoms with Crippen LogP contribution in [-0.4, -0.2) is 178 Å². The van der Waals surface area contributed by atoms with Gasteiger partial charge in [0.05, 0.1) is 59.2 Å². The van der Waals surface area contributed by atoms with Crippen LogP contribution in [0.5, 0.6) is 11.5 Å². The van der Waals surface area contributed by atoms with Crippen LogP contribution in [0.4, 0.5) is 55.1 Å². The molecule has 5 aromatic carbocycles. The van der Waals surface area contributed by atoms with Crippen molar-refractivity contribution in [3.8, 4) is 33.8 Å². The number of piperidine rings is 2. The highest BCUT2D eigenvalue weighted by Crippen LogP contribution is 2.43. The second-order valence-electron chi connectivity index (χ2n) is 32.5. The smallest absolute Gasteiger partial charge is 0.416 e. The van der Waals surface area contributed by atoms with Crippen molar-refractivity contribution < 1.29 is 90.6 Å². The number of ether oxygens (including phenoxy) is 8. The molecule has 0 radical (unpaired) electrons. The molecule has 7 N–H and O–H groups in total. The second-order valence-corrected chi connectivity index (χ2v) is 32.5. The molecule has 0 bridgehead atoms. The largest absolute Gasteiger partial charge is 0.493 e. The fourth-order valence-corrected chi connectivity index (χ4v) is 16.7. The maximum absolute atomic E-state index is 14.2. The van der Waals surface area contributed by atoms with Gasteiger partial charge in [0.25, 0.3) is 29.5 Å². The van der Waals surface area contributed by atoms with Gasteiger partial charge in [-0.1, -0.05) is 49.6 Å². The topological polar surface area (TPSA) is 380 Å². The lowest BCUT2D eigenvalue weighted by molar-refractivity contribution is -0.199. The number of rotatable bonds is 28. The molecule has 6 aliphatic rings. The lowest BCUT2D eigenvalue weighted by atomic mass is 10.00. The molecule has 6 aliphatic heterocycles. The minimum absolute atomic E-state index is 0.0155. The molecule has 0 aliphatic carbocycles. The highest BCUT2D eigenvalue weighted by atomic mass is 16.7. The summed E-state index contributed by atoms with van der Waals surface area (Å²) in [6.07, 6.45) is 19.2. The van der Waals surface area contributed by atoms with Crippen molar-refractivity contribution in [2.45, 2.75) is 154 Å². The first kappa shape index (κ1) is 92.8. The van der Waals surface area contributed by atoms with Crippen LogP contribution in [0.25, 0.3) is 22.3 Å². The van der Waals surface area contributed by atoms with Gasteiger partial charge in [-0.3, -0.25) is 33.6 Å². The third kappa shape index (κ3) is 23.1. The molecule has 129 heavy (non-hydrogen) atoms. The highest BCUT2D eigenvalue weighted by molar-refractivity contribution is 6.09. The number of hydrogen-bond acceptors (Lipinski definition) is 20. The van der Waals surface area contributed by atoms with Gasteiger partial charge in [0.2, 0.25) is 11.8 Å². The molecule has 4 aromatic heterocycles. The Morgan fingerprint density at radius 3 is 1.28 bits per heavy atom. The predicted molar refractivity (Wildman–Crippen MR) is 484 cm³/mol. The van der Waals surface area contributed by atoms with Crippen LogP contribution in [0.2, 0.25) is 0 Å². The molecular formula is C96H110N14O19. The Hall–Kier alpha value is -13.9. The maximum Gasteiger partial charge on any atom is 0.416 e. The normalized spacial score (nSPS) is 18.1. The molecule has 0 spiro atoms. The summed E-state index contributed by atoms with van der Waals surface area (Å²) in [4.78, 5) is 145. The molecule has 4 fully saturated rings. The minimum atomic E-state index is -0.864. The van der Waals surface area contributed by atoms with E-state index in [1.165, 1.54) is 22.0 Å². The number of hydrogen-bond donors (Lipinski definition) is 6. The summed E-state index contributed by atoms with van der Waals surface area (Å²) in [5.74, 6) is -0.882. The monoisotopic (exact) mass is 1760 g/mol. The zero-order valence-electron chi connectivity index (χ0n) is 73.3. The summed E-state index contributed by atoms with van der Waals surface area (Å²) in [5.41, 5.74) is 17.0. The number of carbonyl (C=O) groups excluding carboxylic acids is 11. The van der Waals surface area contributed by atoms with E-state index in [-0.39, 0.29) is 86.8 Å². The van der Waals surface area contributed by atoms with Gasteiger partial charge in [0.1, 0.15) is 41.8 Å². The molecule has 33 heteroatoms. The van der Waals surface area contributed by atoms with E-state index < -0.39 is 49.3 Å². The molecular weight excluding hydrogens is 1650 g/mol. The third-order valence-corrected chi connectivity index (χ3v) is 23.1. The van der Waals surface area contributed by atoms with E-state index in [1.54, 1.807) is 126 Å². The molecule has 0 saturated carbocycles. The molecule has 10 heterocycles. The van der Waals surface area contributed by atoms with E-state index in [0.717, 1.165) is 73.6 Å². The Balaban J connectivity index is 0.000000216. The SMILES string of the molecule is C=CCOC(=O)N1c2cc(OCCCC(=O)Nc3cc(C(=O)Nc4ccc(-c5cc(C(=O)Nc6ccc(N)cc6)n(C)c5)cc4)n(C)c3)c(C)cc2C(=O)N2CCCC[C@H]2C1OC1CCCCO1.C=CCOC(=O)N1c2cc(OCCCC(=O)Nc3cc(C(=O)Nc4ccc(-c5ccn(C)c5)cc4)n(C)c3)c(C)cc2C(=O)N2CCCC[C@H]2C1OC1CCCCO1.O=C=O. The lowest BCUT2D eigenvalue weighted by Crippen LogP contribution is -2.57. The molecule has 33 nitrogen and oxygen atoms in total. The summed E-state index contributed by atoms with van der Waals surface area (Å²) < 4.78 is 55.8. The highest BCUT2D eigenvalue weighted by Gasteiger charge is 2.49. The third-order valence-electron chi connectivity index (χ3n) is 23.1. The van der Waals surface area contributed by atoms with Crippen LogP contribution < -0.4 is 51.6 Å². The predicted octanol–water partition coefficient (Wildman–Crippen LogP) is 15.0. The van der Waals surface area contributed by atoms with E-state index >= 15 is 0 Å². The Morgan fingerprint density at radius 1 is 0.473 bits per heavy atom. The van der Waals surface area contributed by atoms with Gasteiger partial charge in [-0.15, -0.1) is 0 Å². The Bertz CT molecular complexity index is 5580. The number of carbonyl (C=O) groups is 9. The van der Waals surface area contributed by atoms with E-state index in [9.17, 15) is 43.2 Å². The van der Waals surface area contributed by atoms with Crippen LogP contribution in [0, 0.1) is 13.8 Å². The average molecular weight is 1760 g/mol. The zero-order valence-corrected chi connectivity index (χ0v) is 73.3. The average Bonchev–Trinajstić information content (AvgIpc) is 1.60. The first-order valence-corrected chi connectivity index (χ1v) is 43.4. The standard InChI is InChI=1S/C51H58N8O9.C44H52N6O8.CO2/c1-5-23-67-51(64)59-41-29-44(32(2)26-39(41)49(63)58-22-8-6-11-40(58)50(59)68-46-13-7-9-24-66-46)65-25-10-12-45(60)53-38-28-43(57(4)31-38)48(62)54-36-18-14-33(15-19-36)34-27-42(56(3)30-34)47(61)55-37-20-16-35(52)17-21-37;1-5-21-57-44(54)50-36-26-38(29(2)24-34(36)42(53)49-19-8-6-11-35(49)43(50)58-40-13-7-9-22-56-40)55-23-10-12-39(51)45-33-25-37(48(4)28-33)41(52)46-32-16-14-30(15-17-32)31-18-20-47(3)27-31;2-1-3/h5,14-21,26-31,40,46,50H,1,6-13,22-25,52H2,2-4H3,(H,53,60)(H,54,62)(H,55,61);5,14-18,20,24-28,35,40,43H,1,6-13,19,21-23H2,2-4H3,(H,45,51)(H,46,52);/t40-,46?,50?;35-,40?,43?;/m00./s1. The van der Waals surface area contributed by atoms with Gasteiger partial charge in [0.15, 0.2) is 25.0 Å². The van der Waals surface area contributed by atoms with Gasteiger partial charge in [-0.05, 0) is 216 Å². The first-order chi connectivity index (χ1) is 62.4. The number of aryl methyl sites for hydroxylation is 6. The second kappa shape index (κ2) is 43.6. The van der Waals surface area contributed by atoms with Gasteiger partial charge in [-0.25, -0.2) is 19.4 Å². The molecule has 9 aromatic rings. The van der Waals surface area contributed by atoms with Crippen LogP contribution in [0.3, 0.4) is 0 Å². The van der Waals surface area contributed by atoms with Gasteiger partial charge in [0, 0.05) is 139 Å². The fourth-order valence-electron chi connectivity index (χ4n) is 16.7. The number of fused-ring (bicyclic) bond motifs is 4. The van der Waals surface area contributed by atoms with Crippen molar-refractivity contribution in [2.24, 2.45) is 28.2 Å². The molecule has 15 rings (SSSR count). The summed E-state index contributed by atoms with van der Waals surface area (Å²) in [5, 5.41) is 14.5. The summed E-state index contributed by atoms with van der Waals surface area (Å²) in [6, 6.07) is 35.0.